The zero-order valence-corrected chi connectivity index (χ0v) is 12.3. The number of carbonyl (C=O) groups excluding carboxylic acids is 1. The molecule has 1 unspecified atom stereocenters. The molecule has 102 valence electrons. The standard InChI is InChI=1S/C12H22N4OS/c1-5-9(4)11(17)13-7-6-10-14-15-12(18)16(10)8(2)3/h8-9H,5-7H2,1-4H3,(H,13,17)(H,15,18). The van der Waals surface area contributed by atoms with Gasteiger partial charge in [0, 0.05) is 24.9 Å². The molecular weight excluding hydrogens is 248 g/mol. The van der Waals surface area contributed by atoms with Crippen molar-refractivity contribution in [2.75, 3.05) is 6.54 Å². The van der Waals surface area contributed by atoms with Gasteiger partial charge in [-0.25, -0.2) is 0 Å². The molecule has 0 aliphatic heterocycles. The van der Waals surface area contributed by atoms with Gasteiger partial charge < -0.3 is 9.88 Å². The number of H-pyrrole nitrogens is 1. The number of hydrogen-bond donors (Lipinski definition) is 2. The van der Waals surface area contributed by atoms with Crippen LogP contribution in [0.25, 0.3) is 0 Å². The summed E-state index contributed by atoms with van der Waals surface area (Å²) in [6, 6.07) is 0.275. The van der Waals surface area contributed by atoms with Gasteiger partial charge in [0.05, 0.1) is 0 Å². The quantitative estimate of drug-likeness (QED) is 0.779. The van der Waals surface area contributed by atoms with E-state index in [1.54, 1.807) is 0 Å². The molecule has 0 saturated heterocycles. The predicted octanol–water partition coefficient (Wildman–Crippen LogP) is 2.23. The highest BCUT2D eigenvalue weighted by Crippen LogP contribution is 2.08. The van der Waals surface area contributed by atoms with Crippen LogP contribution in [-0.2, 0) is 11.2 Å². The lowest BCUT2D eigenvalue weighted by Crippen LogP contribution is -2.31. The van der Waals surface area contributed by atoms with E-state index in [2.05, 4.69) is 29.4 Å². The molecule has 0 spiro atoms. The summed E-state index contributed by atoms with van der Waals surface area (Å²) in [5.74, 6) is 1.05. The maximum Gasteiger partial charge on any atom is 0.222 e. The Bertz CT molecular complexity index is 449. The Morgan fingerprint density at radius 3 is 2.72 bits per heavy atom. The Hall–Kier alpha value is -1.17. The predicted molar refractivity (Wildman–Crippen MR) is 74.0 cm³/mol. The van der Waals surface area contributed by atoms with E-state index in [9.17, 15) is 4.79 Å². The van der Waals surface area contributed by atoms with Crippen molar-refractivity contribution in [3.8, 4) is 0 Å². The topological polar surface area (TPSA) is 62.7 Å². The number of amides is 1. The molecule has 1 amide bonds. The molecule has 0 radical (unpaired) electrons. The molecule has 5 nitrogen and oxygen atoms in total. The summed E-state index contributed by atoms with van der Waals surface area (Å²) in [4.78, 5) is 11.6. The SMILES string of the molecule is CCC(C)C(=O)NCCc1n[nH]c(=S)n1C(C)C. The second-order valence-corrected chi connectivity index (χ2v) is 5.15. The second-order valence-electron chi connectivity index (χ2n) is 4.76. The highest BCUT2D eigenvalue weighted by Gasteiger charge is 2.12. The summed E-state index contributed by atoms with van der Waals surface area (Å²) in [7, 11) is 0. The van der Waals surface area contributed by atoms with E-state index in [-0.39, 0.29) is 17.9 Å². The number of aromatic nitrogens is 3. The van der Waals surface area contributed by atoms with Crippen LogP contribution in [0.2, 0.25) is 0 Å². The van der Waals surface area contributed by atoms with Crippen LogP contribution in [-0.4, -0.2) is 27.2 Å². The average molecular weight is 270 g/mol. The van der Waals surface area contributed by atoms with Crippen molar-refractivity contribution in [1.29, 1.82) is 0 Å². The van der Waals surface area contributed by atoms with Gasteiger partial charge in [-0.1, -0.05) is 13.8 Å². The lowest BCUT2D eigenvalue weighted by atomic mass is 10.1. The summed E-state index contributed by atoms with van der Waals surface area (Å²) >= 11 is 5.17. The minimum absolute atomic E-state index is 0.0657. The summed E-state index contributed by atoms with van der Waals surface area (Å²) in [5.41, 5.74) is 0. The molecule has 0 aromatic carbocycles. The lowest BCUT2D eigenvalue weighted by Gasteiger charge is -2.12. The maximum atomic E-state index is 11.6. The third-order valence-corrected chi connectivity index (χ3v) is 3.29. The van der Waals surface area contributed by atoms with Crippen LogP contribution >= 0.6 is 12.2 Å². The van der Waals surface area contributed by atoms with Crippen molar-refractivity contribution < 1.29 is 4.79 Å². The molecule has 1 heterocycles. The van der Waals surface area contributed by atoms with Gasteiger partial charge in [-0.3, -0.25) is 9.89 Å². The van der Waals surface area contributed by atoms with Gasteiger partial charge in [-0.2, -0.15) is 5.10 Å². The van der Waals surface area contributed by atoms with Crippen molar-refractivity contribution in [2.24, 2.45) is 5.92 Å². The molecule has 2 N–H and O–H groups in total. The fourth-order valence-electron chi connectivity index (χ4n) is 1.70. The molecule has 0 bridgehead atoms. The first-order chi connectivity index (χ1) is 8.47. The van der Waals surface area contributed by atoms with Gasteiger partial charge >= 0.3 is 0 Å². The normalized spacial score (nSPS) is 12.7. The van der Waals surface area contributed by atoms with Crippen molar-refractivity contribution in [1.82, 2.24) is 20.1 Å². The second kappa shape index (κ2) is 6.68. The Morgan fingerprint density at radius 2 is 2.17 bits per heavy atom. The summed E-state index contributed by atoms with van der Waals surface area (Å²) in [5, 5.41) is 9.90. The van der Waals surface area contributed by atoms with E-state index < -0.39 is 0 Å². The molecule has 18 heavy (non-hydrogen) atoms. The lowest BCUT2D eigenvalue weighted by molar-refractivity contribution is -0.124. The molecule has 1 rings (SSSR count). The molecule has 1 aromatic heterocycles. The van der Waals surface area contributed by atoms with Crippen molar-refractivity contribution >= 4 is 18.1 Å². The minimum Gasteiger partial charge on any atom is -0.355 e. The molecule has 0 aliphatic carbocycles. The smallest absolute Gasteiger partial charge is 0.222 e. The van der Waals surface area contributed by atoms with Gasteiger partial charge in [-0.15, -0.1) is 0 Å². The van der Waals surface area contributed by atoms with Gasteiger partial charge in [0.2, 0.25) is 5.91 Å². The Kier molecular flexibility index (Phi) is 5.53. The van der Waals surface area contributed by atoms with Crippen LogP contribution in [0.1, 0.15) is 46.0 Å². The highest BCUT2D eigenvalue weighted by molar-refractivity contribution is 7.71. The molecule has 0 aliphatic rings. The van der Waals surface area contributed by atoms with E-state index >= 15 is 0 Å². The number of hydrogen-bond acceptors (Lipinski definition) is 3. The highest BCUT2D eigenvalue weighted by atomic mass is 32.1. The Morgan fingerprint density at radius 1 is 1.50 bits per heavy atom. The molecule has 0 fully saturated rings. The van der Waals surface area contributed by atoms with E-state index in [0.717, 1.165) is 12.2 Å². The number of aromatic amines is 1. The maximum absolute atomic E-state index is 11.6. The van der Waals surface area contributed by atoms with Crippen molar-refractivity contribution in [3.05, 3.63) is 10.6 Å². The average Bonchev–Trinajstić information content (AvgIpc) is 2.69. The first kappa shape index (κ1) is 14.9. The van der Waals surface area contributed by atoms with E-state index in [4.69, 9.17) is 12.2 Å². The number of nitrogens with one attached hydrogen (secondary N) is 2. The van der Waals surface area contributed by atoms with Gasteiger partial charge in [-0.05, 0) is 32.5 Å². The summed E-state index contributed by atoms with van der Waals surface area (Å²) in [6.07, 6.45) is 1.55. The van der Waals surface area contributed by atoms with Gasteiger partial charge in [0.25, 0.3) is 0 Å². The zero-order valence-electron chi connectivity index (χ0n) is 11.5. The van der Waals surface area contributed by atoms with Crippen LogP contribution in [0, 0.1) is 10.7 Å². The molecule has 1 aromatic rings. The first-order valence-corrected chi connectivity index (χ1v) is 6.81. The molecule has 6 heteroatoms. The van der Waals surface area contributed by atoms with Crippen molar-refractivity contribution in [2.45, 2.75) is 46.6 Å². The van der Waals surface area contributed by atoms with Gasteiger partial charge in [0.1, 0.15) is 5.82 Å². The van der Waals surface area contributed by atoms with E-state index in [1.165, 1.54) is 0 Å². The number of nitrogens with zero attached hydrogens (tertiary/aromatic N) is 2. The summed E-state index contributed by atoms with van der Waals surface area (Å²) in [6.45, 7) is 8.66. The first-order valence-electron chi connectivity index (χ1n) is 6.40. The molecule has 1 atom stereocenters. The molecular formula is C12H22N4OS. The van der Waals surface area contributed by atoms with E-state index in [0.29, 0.717) is 17.7 Å². The van der Waals surface area contributed by atoms with Crippen LogP contribution in [0.4, 0.5) is 0 Å². The third kappa shape index (κ3) is 3.66. The molecule has 0 saturated carbocycles. The fourth-order valence-corrected chi connectivity index (χ4v) is 2.07. The number of carbonyl (C=O) groups is 1. The summed E-state index contributed by atoms with van der Waals surface area (Å²) < 4.78 is 2.61. The largest absolute Gasteiger partial charge is 0.355 e. The van der Waals surface area contributed by atoms with Crippen molar-refractivity contribution in [3.63, 3.8) is 0 Å². The monoisotopic (exact) mass is 270 g/mol. The zero-order chi connectivity index (χ0) is 13.7. The van der Waals surface area contributed by atoms with Crippen LogP contribution in [0.3, 0.4) is 0 Å². The minimum atomic E-state index is 0.0657. The van der Waals surface area contributed by atoms with Crippen LogP contribution < -0.4 is 5.32 Å². The van der Waals surface area contributed by atoms with Crippen LogP contribution in [0.5, 0.6) is 0 Å². The third-order valence-electron chi connectivity index (χ3n) is 3.00. The Balaban J connectivity index is 2.55. The Labute approximate surface area is 113 Å². The number of rotatable bonds is 6. The van der Waals surface area contributed by atoms with Gasteiger partial charge in [0.15, 0.2) is 4.77 Å². The van der Waals surface area contributed by atoms with Crippen LogP contribution in [0.15, 0.2) is 0 Å². The van der Waals surface area contributed by atoms with E-state index in [1.807, 2.05) is 18.4 Å². The fraction of sp³-hybridized carbons (Fsp3) is 0.750.